The van der Waals surface area contributed by atoms with Crippen LogP contribution in [0.25, 0.3) is 0 Å². The Kier molecular flexibility index (Phi) is 4.76. The number of hydrogen-bond acceptors (Lipinski definition) is 4. The van der Waals surface area contributed by atoms with Gasteiger partial charge in [0.1, 0.15) is 0 Å². The molecule has 3 rings (SSSR count). The van der Waals surface area contributed by atoms with Crippen molar-refractivity contribution in [2.45, 2.75) is 45.7 Å². The van der Waals surface area contributed by atoms with Crippen LogP contribution in [-0.4, -0.2) is 48.6 Å². The summed E-state index contributed by atoms with van der Waals surface area (Å²) in [6.07, 6.45) is 6.00. The van der Waals surface area contributed by atoms with Crippen LogP contribution in [0.3, 0.4) is 0 Å². The van der Waals surface area contributed by atoms with Gasteiger partial charge in [-0.25, -0.2) is 0 Å². The molecule has 4 nitrogen and oxygen atoms in total. The Balaban J connectivity index is 1.66. The summed E-state index contributed by atoms with van der Waals surface area (Å²) in [5.41, 5.74) is 3.87. The first-order valence-corrected chi connectivity index (χ1v) is 8.42. The van der Waals surface area contributed by atoms with Crippen molar-refractivity contribution in [3.05, 3.63) is 23.5 Å². The van der Waals surface area contributed by atoms with Crippen LogP contribution in [0.1, 0.15) is 37.4 Å². The first kappa shape index (κ1) is 14.8. The van der Waals surface area contributed by atoms with Crippen LogP contribution in [0.5, 0.6) is 0 Å². The van der Waals surface area contributed by atoms with Crippen molar-refractivity contribution in [2.24, 2.45) is 0 Å². The number of nitrogens with one attached hydrogen (secondary N) is 1. The molecule has 0 unspecified atom stereocenters. The van der Waals surface area contributed by atoms with Gasteiger partial charge in [0.15, 0.2) is 0 Å². The largest absolute Gasteiger partial charge is 0.369 e. The van der Waals surface area contributed by atoms with Gasteiger partial charge in [0.2, 0.25) is 0 Å². The number of nitrogens with zero attached hydrogens (tertiary/aromatic N) is 3. The Labute approximate surface area is 128 Å². The van der Waals surface area contributed by atoms with Crippen LogP contribution in [0.4, 0.5) is 5.69 Å². The van der Waals surface area contributed by atoms with E-state index in [9.17, 15) is 0 Å². The zero-order valence-electron chi connectivity index (χ0n) is 13.4. The molecule has 116 valence electrons. The van der Waals surface area contributed by atoms with Gasteiger partial charge in [-0.2, -0.15) is 0 Å². The molecule has 1 aromatic rings. The molecule has 0 amide bonds. The van der Waals surface area contributed by atoms with E-state index in [2.05, 4.69) is 46.2 Å². The fourth-order valence-electron chi connectivity index (χ4n) is 3.07. The van der Waals surface area contributed by atoms with Gasteiger partial charge in [0, 0.05) is 61.9 Å². The summed E-state index contributed by atoms with van der Waals surface area (Å²) in [7, 11) is 0. The van der Waals surface area contributed by atoms with E-state index in [4.69, 9.17) is 0 Å². The SMILES string of the molecule is CCCN1CCN(c2cc(C)ncc2CNC2CC2)CC1. The number of anilines is 1. The zero-order valence-corrected chi connectivity index (χ0v) is 13.4. The van der Waals surface area contributed by atoms with Crippen LogP contribution in [0.2, 0.25) is 0 Å². The number of aryl methyl sites for hydroxylation is 1. The highest BCUT2D eigenvalue weighted by Gasteiger charge is 2.22. The molecule has 1 aromatic heterocycles. The lowest BCUT2D eigenvalue weighted by molar-refractivity contribution is 0.258. The zero-order chi connectivity index (χ0) is 14.7. The highest BCUT2D eigenvalue weighted by Crippen LogP contribution is 2.25. The highest BCUT2D eigenvalue weighted by molar-refractivity contribution is 5.54. The van der Waals surface area contributed by atoms with Crippen molar-refractivity contribution in [1.82, 2.24) is 15.2 Å². The molecule has 0 atom stereocenters. The highest BCUT2D eigenvalue weighted by atomic mass is 15.3. The lowest BCUT2D eigenvalue weighted by Gasteiger charge is -2.37. The maximum Gasteiger partial charge on any atom is 0.0446 e. The number of pyridine rings is 1. The molecule has 2 heterocycles. The number of hydrogen-bond donors (Lipinski definition) is 1. The van der Waals surface area contributed by atoms with Crippen LogP contribution in [0, 0.1) is 6.92 Å². The van der Waals surface area contributed by atoms with Crippen molar-refractivity contribution in [1.29, 1.82) is 0 Å². The quantitative estimate of drug-likeness (QED) is 0.869. The standard InChI is InChI=1S/C17H28N4/c1-3-6-20-7-9-21(10-8-20)17-11-14(2)18-12-15(17)13-19-16-4-5-16/h11-12,16,19H,3-10,13H2,1-2H3. The van der Waals surface area contributed by atoms with E-state index in [0.29, 0.717) is 0 Å². The molecule has 1 saturated heterocycles. The lowest BCUT2D eigenvalue weighted by atomic mass is 10.1. The van der Waals surface area contributed by atoms with Crippen molar-refractivity contribution >= 4 is 5.69 Å². The minimum atomic E-state index is 0.751. The molecule has 0 spiro atoms. The third-order valence-electron chi connectivity index (χ3n) is 4.51. The average molecular weight is 288 g/mol. The minimum absolute atomic E-state index is 0.751. The summed E-state index contributed by atoms with van der Waals surface area (Å²) < 4.78 is 0. The summed E-state index contributed by atoms with van der Waals surface area (Å²) in [6.45, 7) is 11.2. The summed E-state index contributed by atoms with van der Waals surface area (Å²) >= 11 is 0. The molecule has 0 aromatic carbocycles. The topological polar surface area (TPSA) is 31.4 Å². The maximum absolute atomic E-state index is 4.50. The van der Waals surface area contributed by atoms with E-state index in [0.717, 1.165) is 31.4 Å². The van der Waals surface area contributed by atoms with Crippen molar-refractivity contribution in [3.8, 4) is 0 Å². The van der Waals surface area contributed by atoms with E-state index < -0.39 is 0 Å². The summed E-state index contributed by atoms with van der Waals surface area (Å²) in [4.78, 5) is 9.62. The van der Waals surface area contributed by atoms with Gasteiger partial charge < -0.3 is 10.2 Å². The average Bonchev–Trinajstić information content (AvgIpc) is 3.31. The molecule has 0 radical (unpaired) electrons. The predicted octanol–water partition coefficient (Wildman–Crippen LogP) is 2.17. The van der Waals surface area contributed by atoms with Crippen LogP contribution in [-0.2, 0) is 6.54 Å². The molecule has 2 aliphatic rings. The van der Waals surface area contributed by atoms with Crippen LogP contribution < -0.4 is 10.2 Å². The summed E-state index contributed by atoms with van der Waals surface area (Å²) in [6, 6.07) is 3.01. The first-order valence-electron chi connectivity index (χ1n) is 8.42. The minimum Gasteiger partial charge on any atom is -0.369 e. The van der Waals surface area contributed by atoms with Gasteiger partial charge >= 0.3 is 0 Å². The van der Waals surface area contributed by atoms with Crippen molar-refractivity contribution in [3.63, 3.8) is 0 Å². The predicted molar refractivity (Wildman–Crippen MR) is 87.8 cm³/mol. The van der Waals surface area contributed by atoms with Crippen LogP contribution in [0.15, 0.2) is 12.3 Å². The Hall–Kier alpha value is -1.13. The number of piperazine rings is 1. The van der Waals surface area contributed by atoms with E-state index in [1.165, 1.54) is 50.1 Å². The maximum atomic E-state index is 4.50. The molecule has 1 aliphatic heterocycles. The summed E-state index contributed by atoms with van der Waals surface area (Å²) in [5, 5.41) is 3.62. The van der Waals surface area contributed by atoms with E-state index >= 15 is 0 Å². The Bertz CT molecular complexity index is 462. The van der Waals surface area contributed by atoms with E-state index in [-0.39, 0.29) is 0 Å². The van der Waals surface area contributed by atoms with Crippen LogP contribution >= 0.6 is 0 Å². The fraction of sp³-hybridized carbons (Fsp3) is 0.706. The van der Waals surface area contributed by atoms with E-state index in [1.807, 2.05) is 0 Å². The molecule has 0 bridgehead atoms. The van der Waals surface area contributed by atoms with Gasteiger partial charge in [0.05, 0.1) is 0 Å². The first-order chi connectivity index (χ1) is 10.3. The molecule has 2 fully saturated rings. The van der Waals surface area contributed by atoms with Gasteiger partial charge in [-0.1, -0.05) is 6.92 Å². The lowest BCUT2D eigenvalue weighted by Crippen LogP contribution is -2.47. The monoisotopic (exact) mass is 288 g/mol. The third-order valence-corrected chi connectivity index (χ3v) is 4.51. The smallest absolute Gasteiger partial charge is 0.0446 e. The fourth-order valence-corrected chi connectivity index (χ4v) is 3.07. The van der Waals surface area contributed by atoms with Gasteiger partial charge in [-0.15, -0.1) is 0 Å². The Morgan fingerprint density at radius 1 is 1.24 bits per heavy atom. The molecule has 4 heteroatoms. The third kappa shape index (κ3) is 3.95. The molecular formula is C17H28N4. The number of rotatable bonds is 6. The van der Waals surface area contributed by atoms with E-state index in [1.54, 1.807) is 0 Å². The molecule has 1 saturated carbocycles. The Morgan fingerprint density at radius 3 is 2.67 bits per heavy atom. The second-order valence-electron chi connectivity index (χ2n) is 6.44. The molecule has 1 aliphatic carbocycles. The molecular weight excluding hydrogens is 260 g/mol. The molecule has 21 heavy (non-hydrogen) atoms. The second-order valence-corrected chi connectivity index (χ2v) is 6.44. The number of aromatic nitrogens is 1. The van der Waals surface area contributed by atoms with Gasteiger partial charge in [-0.3, -0.25) is 9.88 Å². The molecule has 1 N–H and O–H groups in total. The summed E-state index contributed by atoms with van der Waals surface area (Å²) in [5.74, 6) is 0. The van der Waals surface area contributed by atoms with Crippen molar-refractivity contribution in [2.75, 3.05) is 37.6 Å². The van der Waals surface area contributed by atoms with Crippen molar-refractivity contribution < 1.29 is 0 Å². The van der Waals surface area contributed by atoms with Gasteiger partial charge in [0.25, 0.3) is 0 Å². The second kappa shape index (κ2) is 6.75. The van der Waals surface area contributed by atoms with Gasteiger partial charge in [-0.05, 0) is 38.8 Å². The Morgan fingerprint density at radius 2 is 2.00 bits per heavy atom. The normalized spacial score (nSPS) is 20.0.